The molecule has 2 aromatic carbocycles. The predicted octanol–water partition coefficient (Wildman–Crippen LogP) is 3.36. The maximum absolute atomic E-state index is 11.0. The van der Waals surface area contributed by atoms with Crippen LogP contribution in [0.3, 0.4) is 0 Å². The van der Waals surface area contributed by atoms with Crippen LogP contribution < -0.4 is 5.73 Å². The summed E-state index contributed by atoms with van der Waals surface area (Å²) in [6.07, 6.45) is 1.09. The van der Waals surface area contributed by atoms with Crippen LogP contribution in [0.1, 0.15) is 11.1 Å². The van der Waals surface area contributed by atoms with Gasteiger partial charge < -0.3 is 5.73 Å². The molecule has 0 aromatic heterocycles. The second-order valence-corrected chi connectivity index (χ2v) is 5.12. The Morgan fingerprint density at radius 3 is 2.50 bits per heavy atom. The van der Waals surface area contributed by atoms with Crippen LogP contribution in [0.5, 0.6) is 0 Å². The van der Waals surface area contributed by atoms with Gasteiger partial charge in [-0.2, -0.15) is 0 Å². The van der Waals surface area contributed by atoms with E-state index in [0.29, 0.717) is 23.4 Å². The Kier molecular flexibility index (Phi) is 4.71. The standard InChI is InChI=1S/C15H15ClN2O2/c16-13-6-7-15(18(19)20)12(9-13)10-14(17)8-11-4-2-1-3-5-11/h1-7,9,14H,8,10,17H2. The number of benzene rings is 2. The summed E-state index contributed by atoms with van der Waals surface area (Å²) in [6, 6.07) is 14.2. The molecule has 0 fully saturated rings. The molecule has 20 heavy (non-hydrogen) atoms. The third-order valence-corrected chi connectivity index (χ3v) is 3.30. The molecule has 5 heteroatoms. The lowest BCUT2D eigenvalue weighted by Gasteiger charge is -2.12. The van der Waals surface area contributed by atoms with Gasteiger partial charge in [-0.15, -0.1) is 0 Å². The molecule has 0 amide bonds. The number of rotatable bonds is 5. The fourth-order valence-electron chi connectivity index (χ4n) is 2.17. The molecule has 0 radical (unpaired) electrons. The van der Waals surface area contributed by atoms with Gasteiger partial charge in [-0.1, -0.05) is 41.9 Å². The number of hydrogen-bond acceptors (Lipinski definition) is 3. The minimum absolute atomic E-state index is 0.0675. The van der Waals surface area contributed by atoms with Crippen molar-refractivity contribution >= 4 is 17.3 Å². The molecule has 0 aliphatic rings. The normalized spacial score (nSPS) is 12.1. The molecule has 104 valence electrons. The number of nitrogens with two attached hydrogens (primary N) is 1. The highest BCUT2D eigenvalue weighted by Crippen LogP contribution is 2.24. The quantitative estimate of drug-likeness (QED) is 0.678. The molecule has 2 N–H and O–H groups in total. The number of nitro groups is 1. The van der Waals surface area contributed by atoms with E-state index in [4.69, 9.17) is 17.3 Å². The van der Waals surface area contributed by atoms with E-state index in [9.17, 15) is 10.1 Å². The smallest absolute Gasteiger partial charge is 0.272 e. The molecule has 0 spiro atoms. The van der Waals surface area contributed by atoms with E-state index in [1.54, 1.807) is 6.07 Å². The summed E-state index contributed by atoms with van der Waals surface area (Å²) in [5, 5.41) is 11.5. The Balaban J connectivity index is 2.13. The Labute approximate surface area is 122 Å². The van der Waals surface area contributed by atoms with E-state index in [2.05, 4.69) is 0 Å². The Hall–Kier alpha value is -1.91. The predicted molar refractivity (Wildman–Crippen MR) is 79.9 cm³/mol. The van der Waals surface area contributed by atoms with Crippen LogP contribution in [0.15, 0.2) is 48.5 Å². The molecule has 0 aliphatic heterocycles. The molecular weight excluding hydrogens is 276 g/mol. The van der Waals surface area contributed by atoms with E-state index in [-0.39, 0.29) is 11.7 Å². The van der Waals surface area contributed by atoms with Gasteiger partial charge in [0.1, 0.15) is 0 Å². The lowest BCUT2D eigenvalue weighted by molar-refractivity contribution is -0.385. The lowest BCUT2D eigenvalue weighted by atomic mass is 9.99. The third kappa shape index (κ3) is 3.79. The summed E-state index contributed by atoms with van der Waals surface area (Å²) >= 11 is 5.90. The molecule has 4 nitrogen and oxygen atoms in total. The van der Waals surface area contributed by atoms with Crippen LogP contribution >= 0.6 is 11.6 Å². The van der Waals surface area contributed by atoms with Crippen LogP contribution in [-0.4, -0.2) is 11.0 Å². The van der Waals surface area contributed by atoms with E-state index in [1.165, 1.54) is 12.1 Å². The number of halogens is 1. The first-order chi connectivity index (χ1) is 9.56. The van der Waals surface area contributed by atoms with E-state index in [1.807, 2.05) is 30.3 Å². The second kappa shape index (κ2) is 6.50. The van der Waals surface area contributed by atoms with Gasteiger partial charge >= 0.3 is 0 Å². The molecule has 1 atom stereocenters. The maximum atomic E-state index is 11.0. The molecular formula is C15H15ClN2O2. The van der Waals surface area contributed by atoms with E-state index < -0.39 is 4.92 Å². The van der Waals surface area contributed by atoms with Crippen LogP contribution in [0.2, 0.25) is 5.02 Å². The summed E-state index contributed by atoms with van der Waals surface area (Å²) in [6.45, 7) is 0. The van der Waals surface area contributed by atoms with Crippen LogP contribution in [0.25, 0.3) is 0 Å². The van der Waals surface area contributed by atoms with Crippen molar-refractivity contribution in [2.75, 3.05) is 0 Å². The van der Waals surface area contributed by atoms with Gasteiger partial charge in [0.2, 0.25) is 0 Å². The van der Waals surface area contributed by atoms with Crippen molar-refractivity contribution in [2.24, 2.45) is 5.73 Å². The molecule has 0 saturated carbocycles. The van der Waals surface area contributed by atoms with Gasteiger partial charge in [0.15, 0.2) is 0 Å². The van der Waals surface area contributed by atoms with Crippen molar-refractivity contribution in [1.82, 2.24) is 0 Å². The van der Waals surface area contributed by atoms with Crippen LogP contribution in [0, 0.1) is 10.1 Å². The van der Waals surface area contributed by atoms with Crippen LogP contribution in [-0.2, 0) is 12.8 Å². The number of nitro benzene ring substituents is 1. The number of hydrogen-bond donors (Lipinski definition) is 1. The highest BCUT2D eigenvalue weighted by molar-refractivity contribution is 6.30. The maximum Gasteiger partial charge on any atom is 0.272 e. The van der Waals surface area contributed by atoms with Crippen LogP contribution in [0.4, 0.5) is 5.69 Å². The highest BCUT2D eigenvalue weighted by Gasteiger charge is 2.16. The highest BCUT2D eigenvalue weighted by atomic mass is 35.5. The fraction of sp³-hybridized carbons (Fsp3) is 0.200. The molecule has 1 unspecified atom stereocenters. The van der Waals surface area contributed by atoms with Crippen molar-refractivity contribution in [1.29, 1.82) is 0 Å². The minimum Gasteiger partial charge on any atom is -0.327 e. The minimum atomic E-state index is -0.402. The summed E-state index contributed by atoms with van der Waals surface area (Å²) in [4.78, 5) is 10.6. The summed E-state index contributed by atoms with van der Waals surface area (Å²) in [7, 11) is 0. The first kappa shape index (κ1) is 14.5. The first-order valence-electron chi connectivity index (χ1n) is 6.28. The molecule has 2 rings (SSSR count). The Morgan fingerprint density at radius 1 is 1.15 bits per heavy atom. The Bertz CT molecular complexity index is 602. The van der Waals surface area contributed by atoms with Gasteiger partial charge in [0.25, 0.3) is 5.69 Å². The second-order valence-electron chi connectivity index (χ2n) is 4.68. The van der Waals surface area contributed by atoms with E-state index in [0.717, 1.165) is 5.56 Å². The lowest BCUT2D eigenvalue weighted by Crippen LogP contribution is -2.25. The average molecular weight is 291 g/mol. The van der Waals surface area contributed by atoms with Crippen molar-refractivity contribution in [3.05, 3.63) is 74.8 Å². The van der Waals surface area contributed by atoms with Gasteiger partial charge in [0.05, 0.1) is 4.92 Å². The van der Waals surface area contributed by atoms with E-state index >= 15 is 0 Å². The fourth-order valence-corrected chi connectivity index (χ4v) is 2.36. The summed E-state index contributed by atoms with van der Waals surface area (Å²) < 4.78 is 0. The zero-order valence-electron chi connectivity index (χ0n) is 10.8. The summed E-state index contributed by atoms with van der Waals surface area (Å²) in [5.74, 6) is 0. The molecule has 0 saturated heterocycles. The van der Waals surface area contributed by atoms with Gasteiger partial charge in [-0.25, -0.2) is 0 Å². The number of nitrogens with zero attached hydrogens (tertiary/aromatic N) is 1. The average Bonchev–Trinajstić information content (AvgIpc) is 2.39. The molecule has 0 bridgehead atoms. The summed E-state index contributed by atoms with van der Waals surface area (Å²) in [5.41, 5.74) is 7.85. The van der Waals surface area contributed by atoms with Gasteiger partial charge in [-0.05, 0) is 30.5 Å². The van der Waals surface area contributed by atoms with Crippen molar-refractivity contribution in [2.45, 2.75) is 18.9 Å². The Morgan fingerprint density at radius 2 is 1.85 bits per heavy atom. The zero-order chi connectivity index (χ0) is 14.5. The van der Waals surface area contributed by atoms with Crippen molar-refractivity contribution in [3.63, 3.8) is 0 Å². The molecule has 0 heterocycles. The topological polar surface area (TPSA) is 69.2 Å². The molecule has 0 aliphatic carbocycles. The zero-order valence-corrected chi connectivity index (χ0v) is 11.6. The molecule has 2 aromatic rings. The first-order valence-corrected chi connectivity index (χ1v) is 6.66. The largest absolute Gasteiger partial charge is 0.327 e. The SMILES string of the molecule is NC(Cc1ccccc1)Cc1cc(Cl)ccc1[N+](=O)[O-]. The van der Waals surface area contributed by atoms with Crippen molar-refractivity contribution < 1.29 is 4.92 Å². The van der Waals surface area contributed by atoms with Gasteiger partial charge in [0, 0.05) is 22.7 Å². The third-order valence-electron chi connectivity index (χ3n) is 3.06. The van der Waals surface area contributed by atoms with Crippen molar-refractivity contribution in [3.8, 4) is 0 Å². The van der Waals surface area contributed by atoms with Gasteiger partial charge in [-0.3, -0.25) is 10.1 Å². The monoisotopic (exact) mass is 290 g/mol.